The first kappa shape index (κ1) is 17.0. The van der Waals surface area contributed by atoms with Crippen molar-refractivity contribution in [3.63, 3.8) is 0 Å². The molecule has 0 saturated heterocycles. The van der Waals surface area contributed by atoms with Gasteiger partial charge in [0, 0.05) is 17.5 Å². The third-order valence-electron chi connectivity index (χ3n) is 4.39. The van der Waals surface area contributed by atoms with Crippen LogP contribution in [0, 0.1) is 6.92 Å². The summed E-state index contributed by atoms with van der Waals surface area (Å²) in [6, 6.07) is 12.7. The summed E-state index contributed by atoms with van der Waals surface area (Å²) in [4.78, 5) is 10.9. The first-order chi connectivity index (χ1) is 12.0. The van der Waals surface area contributed by atoms with Crippen LogP contribution < -0.4 is 10.1 Å². The van der Waals surface area contributed by atoms with E-state index >= 15 is 0 Å². The molecule has 1 heterocycles. The van der Waals surface area contributed by atoms with Crippen molar-refractivity contribution in [2.75, 3.05) is 7.11 Å². The lowest BCUT2D eigenvalue weighted by Gasteiger charge is -2.12. The maximum Gasteiger partial charge on any atom is 0.335 e. The van der Waals surface area contributed by atoms with Crippen molar-refractivity contribution >= 4 is 16.9 Å². The van der Waals surface area contributed by atoms with Crippen molar-refractivity contribution in [3.05, 3.63) is 64.9 Å². The Bertz CT molecular complexity index is 896. The van der Waals surface area contributed by atoms with Crippen LogP contribution in [0.1, 0.15) is 40.2 Å². The number of ether oxygens (including phenoxy) is 1. The molecule has 2 aromatic carbocycles. The second-order valence-electron chi connectivity index (χ2n) is 6.06. The van der Waals surface area contributed by atoms with Crippen LogP contribution in [0.3, 0.4) is 0 Å². The van der Waals surface area contributed by atoms with Crippen molar-refractivity contribution in [1.82, 2.24) is 5.32 Å². The molecule has 0 fully saturated rings. The molecule has 2 N–H and O–H groups in total. The molecule has 130 valence electrons. The van der Waals surface area contributed by atoms with Crippen molar-refractivity contribution in [2.24, 2.45) is 0 Å². The number of nitrogens with one attached hydrogen (secondary N) is 1. The van der Waals surface area contributed by atoms with Gasteiger partial charge in [-0.1, -0.05) is 12.1 Å². The number of hydrogen-bond acceptors (Lipinski definition) is 4. The third kappa shape index (κ3) is 3.51. The Labute approximate surface area is 146 Å². The van der Waals surface area contributed by atoms with Crippen molar-refractivity contribution < 1.29 is 19.1 Å². The number of carboxylic acid groups (broad SMARTS) is 1. The van der Waals surface area contributed by atoms with Crippen LogP contribution in [0.5, 0.6) is 5.75 Å². The third-order valence-corrected chi connectivity index (χ3v) is 4.39. The van der Waals surface area contributed by atoms with E-state index in [1.165, 1.54) is 0 Å². The maximum absolute atomic E-state index is 10.9. The van der Waals surface area contributed by atoms with Gasteiger partial charge in [-0.3, -0.25) is 0 Å². The number of aromatic carboxylic acids is 1. The van der Waals surface area contributed by atoms with Gasteiger partial charge < -0.3 is 19.6 Å². The van der Waals surface area contributed by atoms with Crippen LogP contribution in [0.25, 0.3) is 11.0 Å². The van der Waals surface area contributed by atoms with Crippen LogP contribution in [-0.4, -0.2) is 18.2 Å². The number of carboxylic acids is 1. The van der Waals surface area contributed by atoms with Gasteiger partial charge in [-0.05, 0) is 49.7 Å². The number of carbonyl (C=O) groups is 1. The minimum atomic E-state index is -0.916. The molecular formula is C20H21NO4. The summed E-state index contributed by atoms with van der Waals surface area (Å²) in [5, 5.41) is 13.4. The van der Waals surface area contributed by atoms with E-state index in [1.807, 2.05) is 44.2 Å². The van der Waals surface area contributed by atoms with Crippen molar-refractivity contribution in [1.29, 1.82) is 0 Å². The van der Waals surface area contributed by atoms with Gasteiger partial charge in [0.25, 0.3) is 0 Å². The zero-order valence-electron chi connectivity index (χ0n) is 14.5. The van der Waals surface area contributed by atoms with Gasteiger partial charge in [-0.2, -0.15) is 0 Å². The van der Waals surface area contributed by atoms with Gasteiger partial charge >= 0.3 is 5.97 Å². The molecule has 0 bridgehead atoms. The lowest BCUT2D eigenvalue weighted by molar-refractivity contribution is 0.0697. The molecule has 0 saturated carbocycles. The molecule has 25 heavy (non-hydrogen) atoms. The molecular weight excluding hydrogens is 318 g/mol. The lowest BCUT2D eigenvalue weighted by atomic mass is 10.1. The van der Waals surface area contributed by atoms with Crippen LogP contribution >= 0.6 is 0 Å². The highest BCUT2D eigenvalue weighted by molar-refractivity contribution is 5.87. The van der Waals surface area contributed by atoms with E-state index in [-0.39, 0.29) is 6.04 Å². The Balaban J connectivity index is 1.74. The predicted molar refractivity (Wildman–Crippen MR) is 96.2 cm³/mol. The van der Waals surface area contributed by atoms with Gasteiger partial charge in [0.2, 0.25) is 0 Å². The molecule has 3 aromatic rings. The number of furan rings is 1. The Hall–Kier alpha value is -2.79. The summed E-state index contributed by atoms with van der Waals surface area (Å²) in [6.07, 6.45) is 0. The fourth-order valence-electron chi connectivity index (χ4n) is 2.89. The molecule has 0 radical (unpaired) electrons. The molecule has 0 amide bonds. The van der Waals surface area contributed by atoms with E-state index < -0.39 is 5.97 Å². The van der Waals surface area contributed by atoms with Gasteiger partial charge in [-0.15, -0.1) is 0 Å². The van der Waals surface area contributed by atoms with Crippen LogP contribution in [0.4, 0.5) is 0 Å². The number of methoxy groups -OCH3 is 1. The molecule has 5 heteroatoms. The Kier molecular flexibility index (Phi) is 4.76. The van der Waals surface area contributed by atoms with Gasteiger partial charge in [-0.25, -0.2) is 4.79 Å². The minimum absolute atomic E-state index is 0.0255. The van der Waals surface area contributed by atoms with Crippen LogP contribution in [-0.2, 0) is 6.54 Å². The SMILES string of the molecule is COc1ccc2oc(C(C)NCc3ccc(C(=O)O)cc3)c(C)c2c1. The first-order valence-electron chi connectivity index (χ1n) is 8.12. The Morgan fingerprint density at radius 3 is 2.60 bits per heavy atom. The highest BCUT2D eigenvalue weighted by Gasteiger charge is 2.17. The molecule has 0 aliphatic carbocycles. The summed E-state index contributed by atoms with van der Waals surface area (Å²) in [7, 11) is 1.65. The highest BCUT2D eigenvalue weighted by Crippen LogP contribution is 2.32. The van der Waals surface area contributed by atoms with Crippen molar-refractivity contribution in [3.8, 4) is 5.75 Å². The summed E-state index contributed by atoms with van der Waals surface area (Å²) in [6.45, 7) is 4.72. The number of aryl methyl sites for hydroxylation is 1. The summed E-state index contributed by atoms with van der Waals surface area (Å²) < 4.78 is 11.3. The fourth-order valence-corrected chi connectivity index (χ4v) is 2.89. The number of rotatable bonds is 6. The Morgan fingerprint density at radius 2 is 1.96 bits per heavy atom. The molecule has 0 aliphatic rings. The zero-order valence-corrected chi connectivity index (χ0v) is 14.5. The number of benzene rings is 2. The number of hydrogen-bond donors (Lipinski definition) is 2. The summed E-state index contributed by atoms with van der Waals surface area (Å²) in [5.74, 6) is 0.786. The second kappa shape index (κ2) is 6.99. The summed E-state index contributed by atoms with van der Waals surface area (Å²) in [5.41, 5.74) is 3.24. The maximum atomic E-state index is 10.9. The molecule has 1 atom stereocenters. The van der Waals surface area contributed by atoms with Gasteiger partial charge in [0.15, 0.2) is 0 Å². The van der Waals surface area contributed by atoms with Crippen LogP contribution in [0.15, 0.2) is 46.9 Å². The molecule has 3 rings (SSSR count). The number of fused-ring (bicyclic) bond motifs is 1. The van der Waals surface area contributed by atoms with E-state index in [4.69, 9.17) is 14.3 Å². The normalized spacial score (nSPS) is 12.3. The van der Waals surface area contributed by atoms with E-state index in [2.05, 4.69) is 5.32 Å². The first-order valence-corrected chi connectivity index (χ1v) is 8.12. The smallest absolute Gasteiger partial charge is 0.335 e. The lowest BCUT2D eigenvalue weighted by Crippen LogP contribution is -2.18. The van der Waals surface area contributed by atoms with E-state index in [1.54, 1.807) is 19.2 Å². The fraction of sp³-hybridized carbons (Fsp3) is 0.250. The summed E-state index contributed by atoms with van der Waals surface area (Å²) >= 11 is 0. The molecule has 1 unspecified atom stereocenters. The quantitative estimate of drug-likeness (QED) is 0.700. The average molecular weight is 339 g/mol. The minimum Gasteiger partial charge on any atom is -0.497 e. The van der Waals surface area contributed by atoms with E-state index in [0.717, 1.165) is 33.6 Å². The van der Waals surface area contributed by atoms with Crippen molar-refractivity contribution in [2.45, 2.75) is 26.4 Å². The standard InChI is InChI=1S/C20H21NO4/c1-12-17-10-16(24-3)8-9-18(17)25-19(12)13(2)21-11-14-4-6-15(7-5-14)20(22)23/h4-10,13,21H,11H2,1-3H3,(H,22,23). The second-order valence-corrected chi connectivity index (χ2v) is 6.06. The van der Waals surface area contributed by atoms with E-state index in [0.29, 0.717) is 12.1 Å². The Morgan fingerprint density at radius 1 is 1.24 bits per heavy atom. The predicted octanol–water partition coefficient (Wildman–Crippen LogP) is 4.30. The topological polar surface area (TPSA) is 71.7 Å². The molecule has 5 nitrogen and oxygen atoms in total. The van der Waals surface area contributed by atoms with Crippen LogP contribution in [0.2, 0.25) is 0 Å². The highest BCUT2D eigenvalue weighted by atomic mass is 16.5. The van der Waals surface area contributed by atoms with Gasteiger partial charge in [0.05, 0.1) is 18.7 Å². The average Bonchev–Trinajstić information content (AvgIpc) is 2.96. The van der Waals surface area contributed by atoms with Gasteiger partial charge in [0.1, 0.15) is 17.1 Å². The molecule has 0 spiro atoms. The van der Waals surface area contributed by atoms with E-state index in [9.17, 15) is 4.79 Å². The molecule has 1 aromatic heterocycles. The monoisotopic (exact) mass is 339 g/mol. The zero-order chi connectivity index (χ0) is 18.0. The molecule has 0 aliphatic heterocycles. The largest absolute Gasteiger partial charge is 0.497 e.